The van der Waals surface area contributed by atoms with Gasteiger partial charge in [0.1, 0.15) is 17.3 Å². The number of rotatable bonds is 4. The fraction of sp³-hybridized carbons (Fsp3) is 0.250. The molecule has 0 spiro atoms. The molecule has 10 heteroatoms. The monoisotopic (exact) mass is 296 g/mol. The molecule has 1 aromatic carbocycles. The Morgan fingerprint density at radius 1 is 1.22 bits per heavy atom. The largest absolute Gasteiger partial charge is 0.495 e. The van der Waals surface area contributed by atoms with Crippen LogP contribution in [-0.4, -0.2) is 28.5 Å². The van der Waals surface area contributed by atoms with Crippen LogP contribution in [0.15, 0.2) is 21.9 Å². The smallest absolute Gasteiger partial charge is 0.298 e. The first-order valence-electron chi connectivity index (χ1n) is 4.40. The number of sulfonamides is 1. The molecule has 0 unspecified atom stereocenters. The fourth-order valence-electron chi connectivity index (χ4n) is 1.32. The highest BCUT2D eigenvalue weighted by Gasteiger charge is 2.24. The number of benzene rings is 1. The van der Waals surface area contributed by atoms with Crippen LogP contribution < -0.4 is 9.88 Å². The molecule has 0 atom stereocenters. The van der Waals surface area contributed by atoms with Crippen LogP contribution in [0.5, 0.6) is 5.75 Å². The van der Waals surface area contributed by atoms with Gasteiger partial charge in [0.25, 0.3) is 10.1 Å². The van der Waals surface area contributed by atoms with Gasteiger partial charge < -0.3 is 4.74 Å². The summed E-state index contributed by atoms with van der Waals surface area (Å²) in [5.74, 6) is -0.337. The van der Waals surface area contributed by atoms with Gasteiger partial charge >= 0.3 is 0 Å². The van der Waals surface area contributed by atoms with Crippen LogP contribution >= 0.6 is 0 Å². The van der Waals surface area contributed by atoms with Crippen LogP contribution in [0.25, 0.3) is 0 Å². The van der Waals surface area contributed by atoms with E-state index in [-0.39, 0.29) is 11.3 Å². The van der Waals surface area contributed by atoms with E-state index in [1.807, 2.05) is 0 Å². The lowest BCUT2D eigenvalue weighted by Gasteiger charge is -2.11. The maximum atomic E-state index is 11.2. The quantitative estimate of drug-likeness (QED) is 0.718. The molecule has 18 heavy (non-hydrogen) atoms. The summed E-state index contributed by atoms with van der Waals surface area (Å²) < 4.78 is 58.1. The van der Waals surface area contributed by atoms with E-state index in [2.05, 4.69) is 4.74 Å². The zero-order valence-corrected chi connectivity index (χ0v) is 10.8. The van der Waals surface area contributed by atoms with Gasteiger partial charge in [-0.15, -0.1) is 0 Å². The summed E-state index contributed by atoms with van der Waals surface area (Å²) in [7, 11) is -7.88. The zero-order valence-electron chi connectivity index (χ0n) is 9.15. The molecule has 8 nitrogen and oxygen atoms in total. The average Bonchev–Trinajstić information content (AvgIpc) is 2.24. The lowest BCUT2D eigenvalue weighted by atomic mass is 10.2. The van der Waals surface area contributed by atoms with Gasteiger partial charge in [0, 0.05) is 5.56 Å². The lowest BCUT2D eigenvalue weighted by Crippen LogP contribution is -2.16. The average molecular weight is 296 g/mol. The molecule has 1 radical (unpaired) electrons. The predicted molar refractivity (Wildman–Crippen MR) is 58.6 cm³/mol. The third kappa shape index (κ3) is 2.97. The van der Waals surface area contributed by atoms with Gasteiger partial charge in [-0.2, -0.15) is 8.42 Å². The van der Waals surface area contributed by atoms with Crippen molar-refractivity contribution >= 4 is 20.1 Å². The van der Waals surface area contributed by atoms with Crippen molar-refractivity contribution in [2.45, 2.75) is 16.4 Å². The number of primary sulfonamides is 1. The number of ether oxygens (including phenoxy) is 1. The van der Waals surface area contributed by atoms with Crippen LogP contribution in [0.1, 0.15) is 5.56 Å². The molecule has 0 saturated heterocycles. The molecular formula is C8H10NO7S2. The molecule has 0 fully saturated rings. The van der Waals surface area contributed by atoms with Gasteiger partial charge in [-0.05, 0) is 12.1 Å². The molecule has 3 N–H and O–H groups in total. The summed E-state index contributed by atoms with van der Waals surface area (Å²) in [5.41, 5.74) is -0.248. The summed E-state index contributed by atoms with van der Waals surface area (Å²) in [6.45, 7) is -0.937. The van der Waals surface area contributed by atoms with Crippen molar-refractivity contribution in [1.29, 1.82) is 0 Å². The van der Waals surface area contributed by atoms with Crippen molar-refractivity contribution in [2.75, 3.05) is 7.11 Å². The topological polar surface area (TPSA) is 144 Å². The van der Waals surface area contributed by atoms with Gasteiger partial charge in [0.05, 0.1) is 12.0 Å². The minimum absolute atomic E-state index is 0.248. The molecule has 0 aliphatic heterocycles. The van der Waals surface area contributed by atoms with Gasteiger partial charge in [0.2, 0.25) is 10.0 Å². The third-order valence-electron chi connectivity index (χ3n) is 2.09. The Kier molecular flexibility index (Phi) is 3.98. The molecular weight excluding hydrogens is 286 g/mol. The number of nitrogens with two attached hydrogens (primary N) is 1. The number of hydrogen-bond donors (Lipinski definition) is 2. The van der Waals surface area contributed by atoms with E-state index in [1.54, 1.807) is 0 Å². The second kappa shape index (κ2) is 4.82. The molecule has 1 rings (SSSR count). The highest BCUT2D eigenvalue weighted by atomic mass is 32.2. The van der Waals surface area contributed by atoms with Gasteiger partial charge in [-0.1, -0.05) is 0 Å². The maximum Gasteiger partial charge on any atom is 0.298 e. The minimum Gasteiger partial charge on any atom is -0.495 e. The van der Waals surface area contributed by atoms with Gasteiger partial charge in [-0.3, -0.25) is 4.55 Å². The Bertz CT molecular complexity index is 608. The summed E-state index contributed by atoms with van der Waals surface area (Å²) in [6.07, 6.45) is 0. The second-order valence-corrected chi connectivity index (χ2v) is 6.20. The van der Waals surface area contributed by atoms with Gasteiger partial charge in [0.15, 0.2) is 0 Å². The van der Waals surface area contributed by atoms with Crippen molar-refractivity contribution in [1.82, 2.24) is 0 Å². The Balaban J connectivity index is 3.76. The normalized spacial score (nSPS) is 12.4. The van der Waals surface area contributed by atoms with Crippen molar-refractivity contribution in [3.8, 4) is 5.75 Å². The van der Waals surface area contributed by atoms with Crippen LogP contribution in [0.2, 0.25) is 0 Å². The van der Waals surface area contributed by atoms with Crippen LogP contribution in [0.3, 0.4) is 0 Å². The van der Waals surface area contributed by atoms with Crippen molar-refractivity contribution in [2.24, 2.45) is 5.14 Å². The first-order chi connectivity index (χ1) is 8.11. The Hall–Kier alpha value is -1.20. The fourth-order valence-corrected chi connectivity index (χ4v) is 2.83. The minimum atomic E-state index is -4.70. The highest BCUT2D eigenvalue weighted by Crippen LogP contribution is 2.29. The van der Waals surface area contributed by atoms with Crippen molar-refractivity contribution in [3.63, 3.8) is 0 Å². The molecule has 0 aromatic heterocycles. The SMILES string of the molecule is COc1cc(C[O])c(S(N)(=O)=O)cc1S(=O)(=O)O. The molecule has 0 heterocycles. The zero-order chi connectivity index (χ0) is 14.1. The van der Waals surface area contributed by atoms with E-state index in [9.17, 15) is 21.9 Å². The first kappa shape index (κ1) is 14.9. The van der Waals surface area contributed by atoms with Crippen LogP contribution in [0.4, 0.5) is 0 Å². The summed E-state index contributed by atoms with van der Waals surface area (Å²) in [4.78, 5) is -1.43. The van der Waals surface area contributed by atoms with Crippen LogP contribution in [-0.2, 0) is 31.9 Å². The summed E-state index contributed by atoms with van der Waals surface area (Å²) in [5, 5.41) is 15.7. The summed E-state index contributed by atoms with van der Waals surface area (Å²) in [6, 6.07) is 1.51. The predicted octanol–water partition coefficient (Wildman–Crippen LogP) is -0.480. The van der Waals surface area contributed by atoms with Crippen molar-refractivity contribution in [3.05, 3.63) is 17.7 Å². The molecule has 0 saturated carbocycles. The molecule has 101 valence electrons. The number of methoxy groups -OCH3 is 1. The molecule has 0 amide bonds. The molecule has 0 aliphatic rings. The van der Waals surface area contributed by atoms with Gasteiger partial charge in [-0.25, -0.2) is 18.7 Å². The van der Waals surface area contributed by atoms with E-state index in [4.69, 9.17) is 9.69 Å². The van der Waals surface area contributed by atoms with E-state index < -0.39 is 36.5 Å². The van der Waals surface area contributed by atoms with E-state index >= 15 is 0 Å². The van der Waals surface area contributed by atoms with Crippen molar-refractivity contribution < 1.29 is 31.2 Å². The number of hydrogen-bond acceptors (Lipinski definition) is 5. The maximum absolute atomic E-state index is 11.2. The second-order valence-electron chi connectivity index (χ2n) is 3.28. The Morgan fingerprint density at radius 3 is 2.11 bits per heavy atom. The Morgan fingerprint density at radius 2 is 1.78 bits per heavy atom. The van der Waals surface area contributed by atoms with E-state index in [1.165, 1.54) is 0 Å². The van der Waals surface area contributed by atoms with E-state index in [0.29, 0.717) is 6.07 Å². The standard InChI is InChI=1S/C8H10NO7S2/c1-16-6-2-5(4-10)7(17(9,11)12)3-8(6)18(13,14)15/h2-3H,4H2,1H3,(H2,9,11,12)(H,13,14,15). The highest BCUT2D eigenvalue weighted by molar-refractivity contribution is 7.89. The summed E-state index contributed by atoms with van der Waals surface area (Å²) >= 11 is 0. The van der Waals surface area contributed by atoms with E-state index in [0.717, 1.165) is 13.2 Å². The third-order valence-corrected chi connectivity index (χ3v) is 3.95. The lowest BCUT2D eigenvalue weighted by molar-refractivity contribution is 0.174. The molecule has 0 aliphatic carbocycles. The molecule has 0 bridgehead atoms. The Labute approximate surface area is 104 Å². The first-order valence-corrected chi connectivity index (χ1v) is 7.39. The van der Waals surface area contributed by atoms with Crippen LogP contribution in [0, 0.1) is 0 Å². The molecule has 1 aromatic rings.